The lowest BCUT2D eigenvalue weighted by Crippen LogP contribution is -2.45. The Bertz CT molecular complexity index is 624. The second-order valence-electron chi connectivity index (χ2n) is 6.05. The highest BCUT2D eigenvalue weighted by atomic mass is 16.2. The Balaban J connectivity index is 1.71. The van der Waals surface area contributed by atoms with E-state index >= 15 is 0 Å². The van der Waals surface area contributed by atoms with Gasteiger partial charge in [0.05, 0.1) is 6.07 Å². The molecule has 0 unspecified atom stereocenters. The van der Waals surface area contributed by atoms with Crippen LogP contribution in [0, 0.1) is 11.3 Å². The molecular formula is C17H19N3O2. The van der Waals surface area contributed by atoms with Crippen molar-refractivity contribution in [3.63, 3.8) is 0 Å². The molecule has 2 fully saturated rings. The van der Waals surface area contributed by atoms with Crippen LogP contribution < -0.4 is 10.2 Å². The molecule has 0 atom stereocenters. The zero-order chi connectivity index (χ0) is 15.6. The van der Waals surface area contributed by atoms with Gasteiger partial charge in [-0.15, -0.1) is 0 Å². The zero-order valence-electron chi connectivity index (χ0n) is 12.5. The van der Waals surface area contributed by atoms with E-state index in [0.717, 1.165) is 44.3 Å². The van der Waals surface area contributed by atoms with Crippen molar-refractivity contribution in [3.8, 4) is 6.07 Å². The highest BCUT2D eigenvalue weighted by Crippen LogP contribution is 2.29. The monoisotopic (exact) mass is 297 g/mol. The van der Waals surface area contributed by atoms with E-state index in [0.29, 0.717) is 12.0 Å². The van der Waals surface area contributed by atoms with Crippen LogP contribution in [-0.2, 0) is 4.79 Å². The van der Waals surface area contributed by atoms with E-state index in [2.05, 4.69) is 11.4 Å². The van der Waals surface area contributed by atoms with Gasteiger partial charge in [0.15, 0.2) is 0 Å². The van der Waals surface area contributed by atoms with Crippen molar-refractivity contribution < 1.29 is 9.59 Å². The summed E-state index contributed by atoms with van der Waals surface area (Å²) in [7, 11) is 0. The Morgan fingerprint density at radius 2 is 1.86 bits per heavy atom. The van der Waals surface area contributed by atoms with Gasteiger partial charge in [0.2, 0.25) is 5.91 Å². The molecule has 114 valence electrons. The highest BCUT2D eigenvalue weighted by Gasteiger charge is 2.35. The second kappa shape index (κ2) is 5.80. The molecule has 2 aliphatic rings. The largest absolute Gasteiger partial charge is 0.334 e. The van der Waals surface area contributed by atoms with Crippen LogP contribution in [0.1, 0.15) is 48.9 Å². The fourth-order valence-corrected chi connectivity index (χ4v) is 3.25. The number of amides is 2. The normalized spacial score (nSPS) is 20.0. The third-order valence-corrected chi connectivity index (χ3v) is 4.54. The number of nitriles is 1. The molecule has 22 heavy (non-hydrogen) atoms. The predicted molar refractivity (Wildman–Crippen MR) is 82.3 cm³/mol. The summed E-state index contributed by atoms with van der Waals surface area (Å²) in [4.78, 5) is 25.8. The molecule has 0 radical (unpaired) electrons. The average molecular weight is 297 g/mol. The number of carbonyl (C=O) groups is 2. The lowest BCUT2D eigenvalue weighted by atomic mass is 9.99. The summed E-state index contributed by atoms with van der Waals surface area (Å²) < 4.78 is 0. The van der Waals surface area contributed by atoms with Crippen molar-refractivity contribution in [1.82, 2.24) is 5.32 Å². The zero-order valence-corrected chi connectivity index (χ0v) is 12.5. The number of nitrogens with one attached hydrogen (secondary N) is 1. The van der Waals surface area contributed by atoms with Crippen LogP contribution in [0.2, 0.25) is 0 Å². The van der Waals surface area contributed by atoms with Gasteiger partial charge in [0.1, 0.15) is 5.54 Å². The fourth-order valence-electron chi connectivity index (χ4n) is 3.25. The smallest absolute Gasteiger partial charge is 0.252 e. The lowest BCUT2D eigenvalue weighted by Gasteiger charge is -2.22. The van der Waals surface area contributed by atoms with Crippen molar-refractivity contribution in [2.45, 2.75) is 44.1 Å². The second-order valence-corrected chi connectivity index (χ2v) is 6.05. The van der Waals surface area contributed by atoms with Gasteiger partial charge in [-0.1, -0.05) is 0 Å². The van der Waals surface area contributed by atoms with Gasteiger partial charge in [-0.25, -0.2) is 0 Å². The van der Waals surface area contributed by atoms with Crippen LogP contribution in [0.15, 0.2) is 24.3 Å². The molecule has 1 aromatic rings. The Morgan fingerprint density at radius 3 is 2.41 bits per heavy atom. The Kier molecular flexibility index (Phi) is 3.84. The van der Waals surface area contributed by atoms with Crippen molar-refractivity contribution >= 4 is 17.5 Å². The minimum Gasteiger partial charge on any atom is -0.334 e. The van der Waals surface area contributed by atoms with Crippen LogP contribution in [0.5, 0.6) is 0 Å². The first-order valence-corrected chi connectivity index (χ1v) is 7.78. The van der Waals surface area contributed by atoms with Crippen LogP contribution in [0.3, 0.4) is 0 Å². The van der Waals surface area contributed by atoms with E-state index in [1.54, 1.807) is 29.2 Å². The molecule has 3 rings (SSSR count). The number of carbonyl (C=O) groups excluding carboxylic acids is 2. The maximum absolute atomic E-state index is 12.3. The number of benzene rings is 1. The van der Waals surface area contributed by atoms with E-state index in [1.807, 2.05) is 0 Å². The number of anilines is 1. The highest BCUT2D eigenvalue weighted by molar-refractivity contribution is 5.98. The van der Waals surface area contributed by atoms with Gasteiger partial charge >= 0.3 is 0 Å². The van der Waals surface area contributed by atoms with Gasteiger partial charge in [-0.05, 0) is 56.4 Å². The molecule has 5 nitrogen and oxygen atoms in total. The maximum Gasteiger partial charge on any atom is 0.252 e. The van der Waals surface area contributed by atoms with Crippen LogP contribution >= 0.6 is 0 Å². The van der Waals surface area contributed by atoms with Crippen LogP contribution in [-0.4, -0.2) is 23.9 Å². The summed E-state index contributed by atoms with van der Waals surface area (Å²) in [5.74, 6) is -0.0886. The minimum absolute atomic E-state index is 0.131. The topological polar surface area (TPSA) is 73.2 Å². The van der Waals surface area contributed by atoms with Gasteiger partial charge in [0, 0.05) is 24.2 Å². The van der Waals surface area contributed by atoms with E-state index in [4.69, 9.17) is 0 Å². The summed E-state index contributed by atoms with van der Waals surface area (Å²) in [5.41, 5.74) is 0.646. The molecule has 0 spiro atoms. The summed E-state index contributed by atoms with van der Waals surface area (Å²) in [6.45, 7) is 0.738. The molecule has 2 amide bonds. The summed E-state index contributed by atoms with van der Waals surface area (Å²) in [5, 5.41) is 12.2. The SMILES string of the molecule is N#CC1(NC(=O)c2ccc(N3CCCC3=O)cc2)CCCC1. The van der Waals surface area contributed by atoms with Crippen molar-refractivity contribution in [2.75, 3.05) is 11.4 Å². The lowest BCUT2D eigenvalue weighted by molar-refractivity contribution is -0.117. The molecule has 1 aromatic carbocycles. The Hall–Kier alpha value is -2.35. The molecule has 5 heteroatoms. The van der Waals surface area contributed by atoms with E-state index < -0.39 is 5.54 Å². The molecule has 1 N–H and O–H groups in total. The fraction of sp³-hybridized carbons (Fsp3) is 0.471. The quantitative estimate of drug-likeness (QED) is 0.931. The summed E-state index contributed by atoms with van der Waals surface area (Å²) >= 11 is 0. The van der Waals surface area contributed by atoms with Crippen LogP contribution in [0.25, 0.3) is 0 Å². The molecule has 1 saturated carbocycles. The molecule has 1 saturated heterocycles. The molecule has 1 heterocycles. The number of hydrogen-bond donors (Lipinski definition) is 1. The van der Waals surface area contributed by atoms with Crippen LogP contribution in [0.4, 0.5) is 5.69 Å². The number of rotatable bonds is 3. The Labute approximate surface area is 129 Å². The first kappa shape index (κ1) is 14.6. The van der Waals surface area contributed by atoms with Gasteiger partial charge in [0.25, 0.3) is 5.91 Å². The minimum atomic E-state index is -0.708. The number of hydrogen-bond acceptors (Lipinski definition) is 3. The molecule has 1 aliphatic carbocycles. The third kappa shape index (κ3) is 2.69. The Morgan fingerprint density at radius 1 is 1.18 bits per heavy atom. The van der Waals surface area contributed by atoms with Crippen molar-refractivity contribution in [1.29, 1.82) is 5.26 Å². The predicted octanol–water partition coefficient (Wildman–Crippen LogP) is 2.38. The third-order valence-electron chi connectivity index (χ3n) is 4.54. The molecule has 0 bridgehead atoms. The number of nitrogens with zero attached hydrogens (tertiary/aromatic N) is 2. The molecule has 0 aromatic heterocycles. The molecule has 1 aliphatic heterocycles. The maximum atomic E-state index is 12.3. The van der Waals surface area contributed by atoms with Gasteiger partial charge in [-0.2, -0.15) is 5.26 Å². The summed E-state index contributed by atoms with van der Waals surface area (Å²) in [6, 6.07) is 9.29. The van der Waals surface area contributed by atoms with E-state index in [1.165, 1.54) is 0 Å². The molecular weight excluding hydrogens is 278 g/mol. The first-order chi connectivity index (χ1) is 10.6. The van der Waals surface area contributed by atoms with Crippen molar-refractivity contribution in [3.05, 3.63) is 29.8 Å². The van der Waals surface area contributed by atoms with Gasteiger partial charge < -0.3 is 10.2 Å². The standard InChI is InChI=1S/C17H19N3O2/c18-12-17(9-1-2-10-17)19-16(22)13-5-7-14(8-6-13)20-11-3-4-15(20)21/h5-8H,1-4,9-11H2,(H,19,22). The average Bonchev–Trinajstić information content (AvgIpc) is 3.17. The summed E-state index contributed by atoms with van der Waals surface area (Å²) in [6.07, 6.45) is 4.86. The van der Waals surface area contributed by atoms with Crippen molar-refractivity contribution in [2.24, 2.45) is 0 Å². The van der Waals surface area contributed by atoms with E-state index in [-0.39, 0.29) is 11.8 Å². The van der Waals surface area contributed by atoms with E-state index in [9.17, 15) is 14.9 Å². The van der Waals surface area contributed by atoms with Gasteiger partial charge in [-0.3, -0.25) is 9.59 Å². The first-order valence-electron chi connectivity index (χ1n) is 7.78.